The van der Waals surface area contributed by atoms with E-state index in [-0.39, 0.29) is 63.9 Å². The van der Waals surface area contributed by atoms with Crippen molar-refractivity contribution < 1.29 is 25.8 Å². The number of unbranched alkanes of at least 4 members (excludes halogenated alkanes) is 2. The van der Waals surface area contributed by atoms with Crippen LogP contribution in [0.15, 0.2) is 36.4 Å². The fourth-order valence-electron chi connectivity index (χ4n) is 5.41. The van der Waals surface area contributed by atoms with E-state index in [1.165, 1.54) is 22.3 Å². The molecule has 2 unspecified atom stereocenters. The van der Waals surface area contributed by atoms with Crippen LogP contribution in [-0.4, -0.2) is 25.4 Å². The van der Waals surface area contributed by atoms with Crippen molar-refractivity contribution in [1.29, 1.82) is 0 Å². The van der Waals surface area contributed by atoms with E-state index in [0.29, 0.717) is 23.7 Å². The van der Waals surface area contributed by atoms with Gasteiger partial charge in [0, 0.05) is 25.8 Å². The second-order valence-electron chi connectivity index (χ2n) is 15.8. The van der Waals surface area contributed by atoms with Gasteiger partial charge in [0.25, 0.3) is 0 Å². The molecule has 0 saturated carbocycles. The molecular formula is C41H70HfN4-6. The van der Waals surface area contributed by atoms with Crippen molar-refractivity contribution in [3.8, 4) is 0 Å². The predicted molar refractivity (Wildman–Crippen MR) is 205 cm³/mol. The van der Waals surface area contributed by atoms with E-state index in [1.807, 2.05) is 0 Å². The van der Waals surface area contributed by atoms with Crippen LogP contribution in [0.2, 0.25) is 0 Å². The van der Waals surface area contributed by atoms with E-state index in [2.05, 4.69) is 133 Å². The minimum absolute atomic E-state index is 0. The molecule has 0 amide bonds. The zero-order chi connectivity index (χ0) is 32.5. The van der Waals surface area contributed by atoms with E-state index >= 15 is 0 Å². The van der Waals surface area contributed by atoms with E-state index in [4.69, 9.17) is 21.3 Å². The van der Waals surface area contributed by atoms with E-state index in [9.17, 15) is 0 Å². The Hall–Kier alpha value is -1.17. The quantitative estimate of drug-likeness (QED) is 0.0923. The van der Waals surface area contributed by atoms with E-state index in [0.717, 1.165) is 43.7 Å². The number of rotatable bonds is 16. The molecule has 0 N–H and O–H groups in total. The minimum Gasteiger partial charge on any atom is -0.698 e. The fourth-order valence-corrected chi connectivity index (χ4v) is 5.41. The predicted octanol–water partition coefficient (Wildman–Crippen LogP) is 14.5. The summed E-state index contributed by atoms with van der Waals surface area (Å²) in [4.78, 5) is 0. The van der Waals surface area contributed by atoms with Gasteiger partial charge < -0.3 is 36.1 Å². The Morgan fingerprint density at radius 3 is 0.957 bits per heavy atom. The summed E-state index contributed by atoms with van der Waals surface area (Å²) < 4.78 is 0. The molecule has 5 heteroatoms. The number of para-hydroxylation sites is 2. The number of hydrogen-bond donors (Lipinski definition) is 0. The van der Waals surface area contributed by atoms with Gasteiger partial charge in [-0.1, -0.05) is 186 Å². The van der Waals surface area contributed by atoms with Crippen molar-refractivity contribution in [2.75, 3.05) is 13.1 Å². The van der Waals surface area contributed by atoms with Crippen LogP contribution >= 0.6 is 0 Å². The molecule has 0 aromatic heterocycles. The summed E-state index contributed by atoms with van der Waals surface area (Å²) in [7, 11) is 0. The molecule has 0 heterocycles. The maximum absolute atomic E-state index is 5.34. The molecule has 0 fully saturated rings. The maximum Gasteiger partial charge on any atom is 0 e. The summed E-state index contributed by atoms with van der Waals surface area (Å²) in [5.74, 6) is 1.73. The second kappa shape index (κ2) is 21.0. The van der Waals surface area contributed by atoms with Crippen molar-refractivity contribution in [1.82, 2.24) is 0 Å². The molecule has 46 heavy (non-hydrogen) atoms. The third-order valence-corrected chi connectivity index (χ3v) is 8.16. The Balaban J connectivity index is 0. The second-order valence-corrected chi connectivity index (χ2v) is 15.8. The summed E-state index contributed by atoms with van der Waals surface area (Å²) in [6, 6.07) is 13.3. The number of benzene rings is 2. The van der Waals surface area contributed by atoms with Gasteiger partial charge in [-0.05, 0) is 23.7 Å². The van der Waals surface area contributed by atoms with Crippen molar-refractivity contribution in [3.63, 3.8) is 0 Å². The Morgan fingerprint density at radius 2 is 0.739 bits per heavy atom. The molecular weight excluding hydrogens is 727 g/mol. The Morgan fingerprint density at radius 1 is 0.478 bits per heavy atom. The van der Waals surface area contributed by atoms with Gasteiger partial charge in [-0.2, -0.15) is 0 Å². The number of nitrogens with zero attached hydrogens (tertiary/aromatic N) is 4. The van der Waals surface area contributed by atoms with Crippen molar-refractivity contribution in [3.05, 3.63) is 94.8 Å². The molecule has 2 atom stereocenters. The Kier molecular flexibility index (Phi) is 21.5. The van der Waals surface area contributed by atoms with Crippen molar-refractivity contribution in [2.45, 2.75) is 152 Å². The van der Waals surface area contributed by atoms with Crippen LogP contribution < -0.4 is 0 Å². The molecule has 2 aromatic rings. The van der Waals surface area contributed by atoms with Crippen LogP contribution in [0.1, 0.15) is 162 Å². The molecule has 0 radical (unpaired) electrons. The van der Waals surface area contributed by atoms with Gasteiger partial charge in [0.15, 0.2) is 0 Å². The standard InChI is InChI=1S/C39H64N4.2CH3.Hf/c1-26(2)30-20-18-21-31(27(3)4)34(30)42-36(38(9,10)11)40-24-16-15-17-25-41-37(39(12,13)14)43-35-32(28(5)6)22-19-23-33(35)29(7)8;;;/h18-23,26-29,36-37H,15-17,24-25H2,1-14H3;2*1H3;/q-4;2*-1;. The molecule has 2 aromatic carbocycles. The summed E-state index contributed by atoms with van der Waals surface area (Å²) in [6.45, 7) is 33.3. The summed E-state index contributed by atoms with van der Waals surface area (Å²) >= 11 is 0. The first kappa shape index (κ1) is 46.9. The van der Waals surface area contributed by atoms with Gasteiger partial charge >= 0.3 is 0 Å². The molecule has 2 rings (SSSR count). The third kappa shape index (κ3) is 14.1. The SMILES string of the molecule is CC(C)c1cccc(C(C)C)c1[N-]C([N-]CCCCC[N-]C([N-]c1c(C(C)C)cccc1C(C)C)C(C)(C)C)C(C)(C)C.[CH3-].[CH3-].[Hf]. The van der Waals surface area contributed by atoms with Crippen LogP contribution in [0.4, 0.5) is 11.4 Å². The van der Waals surface area contributed by atoms with E-state index < -0.39 is 0 Å². The molecule has 0 saturated heterocycles. The molecule has 4 nitrogen and oxygen atoms in total. The summed E-state index contributed by atoms with van der Waals surface area (Å²) in [5.41, 5.74) is 7.56. The van der Waals surface area contributed by atoms with Gasteiger partial charge in [-0.3, -0.25) is 0 Å². The van der Waals surface area contributed by atoms with Gasteiger partial charge in [-0.25, -0.2) is 12.3 Å². The molecule has 0 spiro atoms. The first-order valence-corrected chi connectivity index (χ1v) is 17.0. The van der Waals surface area contributed by atoms with E-state index in [1.54, 1.807) is 0 Å². The van der Waals surface area contributed by atoms with Crippen LogP contribution in [0.5, 0.6) is 0 Å². The Labute approximate surface area is 306 Å². The molecule has 0 aliphatic heterocycles. The van der Waals surface area contributed by atoms with Gasteiger partial charge in [0.1, 0.15) is 0 Å². The molecule has 0 bridgehead atoms. The normalized spacial score (nSPS) is 13.3. The maximum atomic E-state index is 5.34. The van der Waals surface area contributed by atoms with Crippen LogP contribution in [0.3, 0.4) is 0 Å². The molecule has 0 aliphatic rings. The van der Waals surface area contributed by atoms with Gasteiger partial charge in [0.05, 0.1) is 0 Å². The fraction of sp³-hybridized carbons (Fsp3) is 0.659. The zero-order valence-corrected chi connectivity index (χ0v) is 36.3. The van der Waals surface area contributed by atoms with Gasteiger partial charge in [-0.15, -0.1) is 24.5 Å². The Bertz CT molecular complexity index is 968. The summed E-state index contributed by atoms with van der Waals surface area (Å²) in [5, 5.41) is 21.0. The van der Waals surface area contributed by atoms with Crippen molar-refractivity contribution in [2.24, 2.45) is 10.8 Å². The number of hydrogen-bond acceptors (Lipinski definition) is 0. The smallest absolute Gasteiger partial charge is 0 e. The molecule has 0 aliphatic carbocycles. The third-order valence-electron chi connectivity index (χ3n) is 8.16. The van der Waals surface area contributed by atoms with Gasteiger partial charge in [0.2, 0.25) is 0 Å². The topological polar surface area (TPSA) is 56.4 Å². The first-order chi connectivity index (χ1) is 19.9. The largest absolute Gasteiger partial charge is 0.698 e. The molecule has 264 valence electrons. The first-order valence-electron chi connectivity index (χ1n) is 17.0. The van der Waals surface area contributed by atoms with Crippen LogP contribution in [0, 0.1) is 25.7 Å². The van der Waals surface area contributed by atoms with Crippen LogP contribution in [-0.2, 0) is 25.8 Å². The average Bonchev–Trinajstić information content (AvgIpc) is 2.89. The zero-order valence-electron chi connectivity index (χ0n) is 32.8. The average molecular weight is 798 g/mol. The minimum atomic E-state index is -0.0603. The van der Waals surface area contributed by atoms with Crippen LogP contribution in [0.25, 0.3) is 21.3 Å². The monoisotopic (exact) mass is 799 g/mol. The van der Waals surface area contributed by atoms with Crippen molar-refractivity contribution >= 4 is 11.4 Å². The summed E-state index contributed by atoms with van der Waals surface area (Å²) in [6.07, 6.45) is 3.11.